The molecule has 0 aliphatic rings. The fourth-order valence-corrected chi connectivity index (χ4v) is 2.34. The number of rotatable bonds is 5. The number of H-pyrrole nitrogens is 1. The molecule has 0 aliphatic heterocycles. The first kappa shape index (κ1) is 14.8. The smallest absolute Gasteiger partial charge is 0.322 e. The van der Waals surface area contributed by atoms with Crippen molar-refractivity contribution >= 4 is 22.9 Å². The minimum absolute atomic E-state index is 0.0612. The molecule has 3 aromatic rings. The van der Waals surface area contributed by atoms with Gasteiger partial charge >= 0.3 is 5.97 Å². The molecule has 0 aromatic carbocycles. The van der Waals surface area contributed by atoms with E-state index in [4.69, 9.17) is 9.52 Å². The minimum Gasteiger partial charge on any atom is -0.480 e. The van der Waals surface area contributed by atoms with E-state index in [1.165, 1.54) is 6.07 Å². The van der Waals surface area contributed by atoms with Crippen molar-refractivity contribution in [1.82, 2.24) is 15.3 Å². The minimum atomic E-state index is -1.11. The van der Waals surface area contributed by atoms with Crippen LogP contribution in [0.3, 0.4) is 0 Å². The van der Waals surface area contributed by atoms with Crippen LogP contribution in [0.5, 0.6) is 0 Å². The summed E-state index contributed by atoms with van der Waals surface area (Å²) >= 11 is 0. The molecule has 0 bridgehead atoms. The van der Waals surface area contributed by atoms with E-state index in [-0.39, 0.29) is 5.76 Å². The number of aromatic nitrogens is 2. The van der Waals surface area contributed by atoms with E-state index >= 15 is 0 Å². The standard InChI is InChI=1S/C16H15N3O4/c1-2-9-6-17-15-11(9)5-10(7-18-15)12-3-4-13(23-12)16(22)19-8-14(20)21/h3-7H,2,8H2,1H3,(H,17,18)(H,19,22)(H,20,21). The molecular weight excluding hydrogens is 298 g/mol. The molecule has 3 aromatic heterocycles. The van der Waals surface area contributed by atoms with Crippen molar-refractivity contribution in [1.29, 1.82) is 0 Å². The average Bonchev–Trinajstić information content (AvgIpc) is 3.18. The van der Waals surface area contributed by atoms with Crippen molar-refractivity contribution in [3.05, 3.63) is 41.9 Å². The van der Waals surface area contributed by atoms with Gasteiger partial charge in [0.25, 0.3) is 5.91 Å². The van der Waals surface area contributed by atoms with Gasteiger partial charge < -0.3 is 19.8 Å². The van der Waals surface area contributed by atoms with E-state index in [9.17, 15) is 9.59 Å². The maximum atomic E-state index is 11.8. The van der Waals surface area contributed by atoms with Gasteiger partial charge in [-0.25, -0.2) is 4.98 Å². The number of aliphatic carboxylic acids is 1. The van der Waals surface area contributed by atoms with E-state index < -0.39 is 18.4 Å². The zero-order valence-corrected chi connectivity index (χ0v) is 12.4. The first-order valence-electron chi connectivity index (χ1n) is 7.14. The fourth-order valence-electron chi connectivity index (χ4n) is 2.34. The first-order chi connectivity index (χ1) is 11.1. The van der Waals surface area contributed by atoms with Crippen molar-refractivity contribution in [3.63, 3.8) is 0 Å². The van der Waals surface area contributed by atoms with Crippen molar-refractivity contribution in [2.24, 2.45) is 0 Å². The Labute approximate surface area is 131 Å². The number of hydrogen-bond acceptors (Lipinski definition) is 4. The Morgan fingerprint density at radius 2 is 2.22 bits per heavy atom. The summed E-state index contributed by atoms with van der Waals surface area (Å²) in [6.07, 6.45) is 4.47. The molecule has 3 N–H and O–H groups in total. The van der Waals surface area contributed by atoms with Crippen LogP contribution in [-0.2, 0) is 11.2 Å². The number of amides is 1. The summed E-state index contributed by atoms with van der Waals surface area (Å²) in [6, 6.07) is 5.13. The molecule has 0 radical (unpaired) electrons. The lowest BCUT2D eigenvalue weighted by Gasteiger charge is -2.00. The summed E-state index contributed by atoms with van der Waals surface area (Å²) in [7, 11) is 0. The highest BCUT2D eigenvalue weighted by molar-refractivity contribution is 5.94. The van der Waals surface area contributed by atoms with Crippen LogP contribution in [0.4, 0.5) is 0 Å². The van der Waals surface area contributed by atoms with Crippen molar-refractivity contribution in [2.45, 2.75) is 13.3 Å². The molecule has 23 heavy (non-hydrogen) atoms. The Kier molecular flexibility index (Phi) is 3.84. The molecule has 0 spiro atoms. The number of furan rings is 1. The normalized spacial score (nSPS) is 10.8. The predicted molar refractivity (Wildman–Crippen MR) is 83.1 cm³/mol. The van der Waals surface area contributed by atoms with Crippen LogP contribution in [-0.4, -0.2) is 33.5 Å². The summed E-state index contributed by atoms with van der Waals surface area (Å²) in [6.45, 7) is 1.61. The van der Waals surface area contributed by atoms with E-state index in [0.29, 0.717) is 5.76 Å². The molecule has 0 saturated heterocycles. The van der Waals surface area contributed by atoms with Crippen molar-refractivity contribution < 1.29 is 19.1 Å². The van der Waals surface area contributed by atoms with Gasteiger partial charge in [0.2, 0.25) is 0 Å². The van der Waals surface area contributed by atoms with Gasteiger partial charge in [0.15, 0.2) is 5.76 Å². The summed E-state index contributed by atoms with van der Waals surface area (Å²) in [4.78, 5) is 29.7. The van der Waals surface area contributed by atoms with Crippen LogP contribution in [0.25, 0.3) is 22.4 Å². The number of carboxylic acid groups (broad SMARTS) is 1. The topological polar surface area (TPSA) is 108 Å². The highest BCUT2D eigenvalue weighted by atomic mass is 16.4. The largest absolute Gasteiger partial charge is 0.480 e. The number of carbonyl (C=O) groups excluding carboxylic acids is 1. The maximum absolute atomic E-state index is 11.8. The second-order valence-electron chi connectivity index (χ2n) is 5.03. The van der Waals surface area contributed by atoms with E-state index in [0.717, 1.165) is 28.6 Å². The Morgan fingerprint density at radius 1 is 1.39 bits per heavy atom. The molecule has 0 atom stereocenters. The third-order valence-electron chi connectivity index (χ3n) is 3.51. The molecule has 7 nitrogen and oxygen atoms in total. The molecule has 118 valence electrons. The molecule has 0 saturated carbocycles. The van der Waals surface area contributed by atoms with Crippen molar-refractivity contribution in [3.8, 4) is 11.3 Å². The Hall–Kier alpha value is -3.09. The van der Waals surface area contributed by atoms with Gasteiger partial charge in [-0.15, -0.1) is 0 Å². The monoisotopic (exact) mass is 313 g/mol. The molecule has 3 heterocycles. The molecule has 3 rings (SSSR count). The first-order valence-corrected chi connectivity index (χ1v) is 7.14. The van der Waals surface area contributed by atoms with Gasteiger partial charge in [-0.3, -0.25) is 9.59 Å². The van der Waals surface area contributed by atoms with Crippen LogP contribution in [0, 0.1) is 0 Å². The molecule has 7 heteroatoms. The van der Waals surface area contributed by atoms with Gasteiger partial charge in [0, 0.05) is 23.3 Å². The van der Waals surface area contributed by atoms with Crippen LogP contribution in [0.1, 0.15) is 23.0 Å². The fraction of sp³-hybridized carbons (Fsp3) is 0.188. The SMILES string of the molecule is CCc1c[nH]c2ncc(-c3ccc(C(=O)NCC(=O)O)o3)cc12. The number of nitrogens with one attached hydrogen (secondary N) is 2. The van der Waals surface area contributed by atoms with Gasteiger partial charge in [0.1, 0.15) is 18.0 Å². The van der Waals surface area contributed by atoms with E-state index in [2.05, 4.69) is 22.2 Å². The summed E-state index contributed by atoms with van der Waals surface area (Å²) in [5.74, 6) is -1.11. The highest BCUT2D eigenvalue weighted by Gasteiger charge is 2.14. The van der Waals surface area contributed by atoms with Crippen LogP contribution >= 0.6 is 0 Å². The van der Waals surface area contributed by atoms with E-state index in [1.54, 1.807) is 12.3 Å². The molecule has 0 fully saturated rings. The molecule has 0 aliphatic carbocycles. The second kappa shape index (κ2) is 5.96. The molecule has 0 unspecified atom stereocenters. The van der Waals surface area contributed by atoms with Crippen LogP contribution < -0.4 is 5.32 Å². The number of carbonyl (C=O) groups is 2. The lowest BCUT2D eigenvalue weighted by atomic mass is 10.1. The summed E-state index contributed by atoms with van der Waals surface area (Å²) in [5.41, 5.74) is 2.71. The maximum Gasteiger partial charge on any atom is 0.322 e. The number of hydrogen-bond donors (Lipinski definition) is 3. The number of fused-ring (bicyclic) bond motifs is 1. The Balaban J connectivity index is 1.87. The van der Waals surface area contributed by atoms with E-state index in [1.807, 2.05) is 12.3 Å². The summed E-state index contributed by atoms with van der Waals surface area (Å²) < 4.78 is 5.51. The number of nitrogens with zero attached hydrogens (tertiary/aromatic N) is 1. The number of aryl methyl sites for hydroxylation is 1. The van der Waals surface area contributed by atoms with Gasteiger partial charge in [0.05, 0.1) is 0 Å². The predicted octanol–water partition coefficient (Wildman–Crippen LogP) is 2.20. The second-order valence-corrected chi connectivity index (χ2v) is 5.03. The number of carboxylic acids is 1. The third-order valence-corrected chi connectivity index (χ3v) is 3.51. The molecular formula is C16H15N3O4. The zero-order chi connectivity index (χ0) is 16.4. The third kappa shape index (κ3) is 2.94. The highest BCUT2D eigenvalue weighted by Crippen LogP contribution is 2.26. The average molecular weight is 313 g/mol. The van der Waals surface area contributed by atoms with Gasteiger partial charge in [-0.1, -0.05) is 6.92 Å². The Morgan fingerprint density at radius 3 is 2.96 bits per heavy atom. The number of aromatic amines is 1. The lowest BCUT2D eigenvalue weighted by molar-refractivity contribution is -0.135. The van der Waals surface area contributed by atoms with Gasteiger partial charge in [-0.05, 0) is 30.2 Å². The number of pyridine rings is 1. The lowest BCUT2D eigenvalue weighted by Crippen LogP contribution is -2.28. The Bertz CT molecular complexity index is 878. The molecule has 1 amide bonds. The zero-order valence-electron chi connectivity index (χ0n) is 12.4. The quantitative estimate of drug-likeness (QED) is 0.669. The van der Waals surface area contributed by atoms with Gasteiger partial charge in [-0.2, -0.15) is 0 Å². The summed E-state index contributed by atoms with van der Waals surface area (Å²) in [5, 5.41) is 11.8. The van der Waals surface area contributed by atoms with Crippen LogP contribution in [0.15, 0.2) is 35.0 Å². The van der Waals surface area contributed by atoms with Crippen molar-refractivity contribution in [2.75, 3.05) is 6.54 Å². The van der Waals surface area contributed by atoms with Crippen LogP contribution in [0.2, 0.25) is 0 Å².